The van der Waals surface area contributed by atoms with E-state index in [4.69, 9.17) is 0 Å². The third-order valence-corrected chi connectivity index (χ3v) is 5.34. The molecule has 0 radical (unpaired) electrons. The molecule has 1 aliphatic rings. The van der Waals surface area contributed by atoms with Crippen molar-refractivity contribution in [3.05, 3.63) is 59.4 Å². The highest BCUT2D eigenvalue weighted by molar-refractivity contribution is 6.06. The minimum atomic E-state index is -0.389. The average Bonchev–Trinajstić information content (AvgIpc) is 2.75. The molecule has 0 bridgehead atoms. The Balaban J connectivity index is 1.90. The summed E-state index contributed by atoms with van der Waals surface area (Å²) in [4.78, 5) is 29.7. The molecule has 1 N–H and O–H groups in total. The van der Waals surface area contributed by atoms with Crippen molar-refractivity contribution in [2.45, 2.75) is 33.1 Å². The normalized spacial score (nSPS) is 13.8. The minimum Gasteiger partial charge on any atom is -0.371 e. The lowest BCUT2D eigenvalue weighted by molar-refractivity contribution is 0.0773. The summed E-state index contributed by atoms with van der Waals surface area (Å²) in [5.74, 6) is -0.759. The van der Waals surface area contributed by atoms with E-state index in [2.05, 4.69) is 10.2 Å². The Labute approximate surface area is 171 Å². The van der Waals surface area contributed by atoms with Crippen LogP contribution in [0, 0.1) is 5.82 Å². The number of benzene rings is 2. The van der Waals surface area contributed by atoms with Crippen molar-refractivity contribution in [1.82, 2.24) is 4.90 Å². The number of halogens is 1. The second-order valence-corrected chi connectivity index (χ2v) is 7.22. The van der Waals surface area contributed by atoms with E-state index in [0.29, 0.717) is 29.9 Å². The SMILES string of the molecule is CCN(CC)C(=O)c1cc(NC(=O)c2ccc(F)cc2)ccc1N1CCCCC1. The Morgan fingerprint density at radius 1 is 1.00 bits per heavy atom. The van der Waals surface area contributed by atoms with Crippen LogP contribution in [0.2, 0.25) is 0 Å². The topological polar surface area (TPSA) is 52.7 Å². The fourth-order valence-electron chi connectivity index (χ4n) is 3.68. The summed E-state index contributed by atoms with van der Waals surface area (Å²) in [7, 11) is 0. The van der Waals surface area contributed by atoms with E-state index >= 15 is 0 Å². The van der Waals surface area contributed by atoms with Crippen LogP contribution in [0.25, 0.3) is 0 Å². The van der Waals surface area contributed by atoms with Gasteiger partial charge in [0.15, 0.2) is 0 Å². The molecule has 0 aromatic heterocycles. The molecule has 0 spiro atoms. The molecular formula is C23H28FN3O2. The lowest BCUT2D eigenvalue weighted by Crippen LogP contribution is -2.35. The van der Waals surface area contributed by atoms with Crippen LogP contribution in [0.4, 0.5) is 15.8 Å². The molecule has 1 aliphatic heterocycles. The van der Waals surface area contributed by atoms with Gasteiger partial charge in [-0.05, 0) is 75.6 Å². The Morgan fingerprint density at radius 2 is 1.66 bits per heavy atom. The molecule has 29 heavy (non-hydrogen) atoms. The van der Waals surface area contributed by atoms with Gasteiger partial charge in [0.1, 0.15) is 5.82 Å². The molecule has 1 fully saturated rings. The third-order valence-electron chi connectivity index (χ3n) is 5.34. The van der Waals surface area contributed by atoms with Gasteiger partial charge in [-0.3, -0.25) is 9.59 Å². The molecule has 3 rings (SSSR count). The number of hydrogen-bond acceptors (Lipinski definition) is 3. The maximum absolute atomic E-state index is 13.2. The number of nitrogens with one attached hydrogen (secondary N) is 1. The van der Waals surface area contributed by atoms with E-state index in [0.717, 1.165) is 31.6 Å². The van der Waals surface area contributed by atoms with E-state index in [9.17, 15) is 14.0 Å². The summed E-state index contributed by atoms with van der Waals surface area (Å²) in [6, 6.07) is 10.9. The van der Waals surface area contributed by atoms with Gasteiger partial charge in [-0.2, -0.15) is 0 Å². The van der Waals surface area contributed by atoms with Gasteiger partial charge < -0.3 is 15.1 Å². The van der Waals surface area contributed by atoms with E-state index < -0.39 is 0 Å². The predicted molar refractivity (Wildman–Crippen MR) is 114 cm³/mol. The molecule has 2 amide bonds. The molecule has 0 aliphatic carbocycles. The Morgan fingerprint density at radius 3 is 2.28 bits per heavy atom. The number of hydrogen-bond donors (Lipinski definition) is 1. The van der Waals surface area contributed by atoms with Crippen LogP contribution in [-0.4, -0.2) is 42.9 Å². The average molecular weight is 397 g/mol. The second kappa shape index (κ2) is 9.54. The van der Waals surface area contributed by atoms with E-state index in [1.165, 1.54) is 30.7 Å². The van der Waals surface area contributed by atoms with Crippen LogP contribution in [0.15, 0.2) is 42.5 Å². The standard InChI is InChI=1S/C23H28FN3O2/c1-3-26(4-2)23(29)20-16-19(12-13-21(20)27-14-6-5-7-15-27)25-22(28)17-8-10-18(24)11-9-17/h8-13,16H,3-7,14-15H2,1-2H3,(H,25,28). The summed E-state index contributed by atoms with van der Waals surface area (Å²) >= 11 is 0. The lowest BCUT2D eigenvalue weighted by atomic mass is 10.0. The monoisotopic (exact) mass is 397 g/mol. The van der Waals surface area contributed by atoms with Crippen molar-refractivity contribution in [2.24, 2.45) is 0 Å². The first-order valence-electron chi connectivity index (χ1n) is 10.3. The summed E-state index contributed by atoms with van der Waals surface area (Å²) in [5, 5.41) is 2.83. The maximum Gasteiger partial charge on any atom is 0.256 e. The molecule has 2 aromatic carbocycles. The Hall–Kier alpha value is -2.89. The van der Waals surface area contributed by atoms with Crippen molar-refractivity contribution >= 4 is 23.2 Å². The molecule has 1 saturated heterocycles. The second-order valence-electron chi connectivity index (χ2n) is 7.22. The molecule has 0 unspecified atom stereocenters. The highest BCUT2D eigenvalue weighted by atomic mass is 19.1. The van der Waals surface area contributed by atoms with Gasteiger partial charge in [-0.25, -0.2) is 4.39 Å². The number of nitrogens with zero attached hydrogens (tertiary/aromatic N) is 2. The lowest BCUT2D eigenvalue weighted by Gasteiger charge is -2.31. The van der Waals surface area contributed by atoms with Crippen LogP contribution in [0.3, 0.4) is 0 Å². The number of carbonyl (C=O) groups excluding carboxylic acids is 2. The summed E-state index contributed by atoms with van der Waals surface area (Å²) < 4.78 is 13.1. The fraction of sp³-hybridized carbons (Fsp3) is 0.391. The molecule has 2 aromatic rings. The van der Waals surface area contributed by atoms with Crippen LogP contribution in [-0.2, 0) is 0 Å². The van der Waals surface area contributed by atoms with Gasteiger partial charge in [0.2, 0.25) is 0 Å². The van der Waals surface area contributed by atoms with E-state index in [1.54, 1.807) is 11.0 Å². The predicted octanol–water partition coefficient (Wildman–Crippen LogP) is 4.55. The Bertz CT molecular complexity index is 857. The highest BCUT2D eigenvalue weighted by Crippen LogP contribution is 2.28. The molecule has 0 atom stereocenters. The van der Waals surface area contributed by atoms with Crippen molar-refractivity contribution in [3.63, 3.8) is 0 Å². The van der Waals surface area contributed by atoms with Gasteiger partial charge >= 0.3 is 0 Å². The Kier molecular flexibility index (Phi) is 6.86. The first-order chi connectivity index (χ1) is 14.0. The molecule has 5 nitrogen and oxygen atoms in total. The van der Waals surface area contributed by atoms with Gasteiger partial charge in [0, 0.05) is 43.1 Å². The van der Waals surface area contributed by atoms with Crippen LogP contribution in [0.5, 0.6) is 0 Å². The molecule has 154 valence electrons. The van der Waals surface area contributed by atoms with Gasteiger partial charge in [0.05, 0.1) is 5.56 Å². The van der Waals surface area contributed by atoms with Crippen LogP contribution < -0.4 is 10.2 Å². The van der Waals surface area contributed by atoms with Crippen LogP contribution >= 0.6 is 0 Å². The molecular weight excluding hydrogens is 369 g/mol. The quantitative estimate of drug-likeness (QED) is 0.778. The zero-order valence-corrected chi connectivity index (χ0v) is 17.1. The summed E-state index contributed by atoms with van der Waals surface area (Å²) in [6.07, 6.45) is 3.44. The zero-order valence-electron chi connectivity index (χ0n) is 17.1. The maximum atomic E-state index is 13.2. The van der Waals surface area contributed by atoms with Gasteiger partial charge in [-0.15, -0.1) is 0 Å². The summed E-state index contributed by atoms with van der Waals surface area (Å²) in [5.41, 5.74) is 2.44. The summed E-state index contributed by atoms with van der Waals surface area (Å²) in [6.45, 7) is 7.03. The van der Waals surface area contributed by atoms with Crippen LogP contribution in [0.1, 0.15) is 53.8 Å². The number of piperidine rings is 1. The third kappa shape index (κ3) is 4.94. The first-order valence-corrected chi connectivity index (χ1v) is 10.3. The molecule has 6 heteroatoms. The highest BCUT2D eigenvalue weighted by Gasteiger charge is 2.22. The molecule has 1 heterocycles. The number of anilines is 2. The van der Waals surface area contributed by atoms with E-state index in [1.807, 2.05) is 26.0 Å². The van der Waals surface area contributed by atoms with E-state index in [-0.39, 0.29) is 17.6 Å². The smallest absolute Gasteiger partial charge is 0.256 e. The first kappa shape index (κ1) is 20.8. The largest absolute Gasteiger partial charge is 0.371 e. The zero-order chi connectivity index (χ0) is 20.8. The van der Waals surface area contributed by atoms with Crippen molar-refractivity contribution in [3.8, 4) is 0 Å². The van der Waals surface area contributed by atoms with Crippen molar-refractivity contribution < 1.29 is 14.0 Å². The fourth-order valence-corrected chi connectivity index (χ4v) is 3.68. The van der Waals surface area contributed by atoms with Gasteiger partial charge in [-0.1, -0.05) is 0 Å². The van der Waals surface area contributed by atoms with Crippen molar-refractivity contribution in [2.75, 3.05) is 36.4 Å². The van der Waals surface area contributed by atoms with Gasteiger partial charge in [0.25, 0.3) is 11.8 Å². The van der Waals surface area contributed by atoms with Crippen molar-refractivity contribution in [1.29, 1.82) is 0 Å². The minimum absolute atomic E-state index is 0.0338. The number of carbonyl (C=O) groups is 2. The number of rotatable bonds is 6. The number of amides is 2. The molecule has 0 saturated carbocycles.